The summed E-state index contributed by atoms with van der Waals surface area (Å²) in [5.74, 6) is 0.118. The highest BCUT2D eigenvalue weighted by molar-refractivity contribution is 5.78. The van der Waals surface area contributed by atoms with Crippen molar-refractivity contribution in [1.29, 1.82) is 0 Å². The van der Waals surface area contributed by atoms with E-state index in [0.717, 1.165) is 12.8 Å². The number of aliphatic carboxylic acids is 1. The molecule has 1 fully saturated rings. The molecule has 1 saturated carbocycles. The van der Waals surface area contributed by atoms with Crippen LogP contribution >= 0.6 is 0 Å². The maximum absolute atomic E-state index is 11.7. The zero-order valence-corrected chi connectivity index (χ0v) is 11.7. The van der Waals surface area contributed by atoms with Crippen molar-refractivity contribution >= 4 is 5.97 Å². The second kappa shape index (κ2) is 5.38. The topological polar surface area (TPSA) is 46.5 Å². The van der Waals surface area contributed by atoms with Gasteiger partial charge in [-0.25, -0.2) is 4.79 Å². The van der Waals surface area contributed by atoms with Crippen molar-refractivity contribution in [3.63, 3.8) is 0 Å². The molecule has 3 heteroatoms. The largest absolute Gasteiger partial charge is 0.479 e. The predicted molar refractivity (Wildman–Crippen MR) is 67.9 cm³/mol. The second-order valence-corrected chi connectivity index (χ2v) is 6.10. The van der Waals surface area contributed by atoms with Crippen LogP contribution in [0.5, 0.6) is 0 Å². The van der Waals surface area contributed by atoms with Crippen LogP contribution in [0, 0.1) is 17.8 Å². The summed E-state index contributed by atoms with van der Waals surface area (Å²) in [5, 5.41) is 9.65. The molecule has 1 rings (SSSR count). The van der Waals surface area contributed by atoms with Gasteiger partial charge in [0.15, 0.2) is 5.60 Å². The molecule has 0 aromatic heterocycles. The lowest BCUT2D eigenvalue weighted by Gasteiger charge is -2.45. The van der Waals surface area contributed by atoms with E-state index in [4.69, 9.17) is 4.74 Å². The number of carboxylic acids is 1. The van der Waals surface area contributed by atoms with Gasteiger partial charge in [-0.15, -0.1) is 0 Å². The average molecular weight is 242 g/mol. The van der Waals surface area contributed by atoms with E-state index in [2.05, 4.69) is 20.8 Å². The van der Waals surface area contributed by atoms with Gasteiger partial charge in [0.25, 0.3) is 0 Å². The highest BCUT2D eigenvalue weighted by Gasteiger charge is 2.51. The molecular weight excluding hydrogens is 216 g/mol. The third-order valence-corrected chi connectivity index (χ3v) is 3.83. The highest BCUT2D eigenvalue weighted by atomic mass is 16.5. The van der Waals surface area contributed by atoms with Crippen LogP contribution in [0.25, 0.3) is 0 Å². The van der Waals surface area contributed by atoms with Crippen molar-refractivity contribution in [2.75, 3.05) is 0 Å². The number of carboxylic acid groups (broad SMARTS) is 1. The Hall–Kier alpha value is -0.570. The minimum Gasteiger partial charge on any atom is -0.479 e. The first-order valence-electron chi connectivity index (χ1n) is 6.70. The summed E-state index contributed by atoms with van der Waals surface area (Å²) in [5.41, 5.74) is -0.972. The standard InChI is InChI=1S/C14H26O3/c1-9(2)12-7-6-11(5)8-14(12,13(15)16)17-10(3)4/h9-12H,6-8H2,1-5H3,(H,15,16). The minimum absolute atomic E-state index is 0.0438. The average Bonchev–Trinajstić information content (AvgIpc) is 2.15. The van der Waals surface area contributed by atoms with E-state index >= 15 is 0 Å². The summed E-state index contributed by atoms with van der Waals surface area (Å²) >= 11 is 0. The van der Waals surface area contributed by atoms with Crippen molar-refractivity contribution < 1.29 is 14.6 Å². The van der Waals surface area contributed by atoms with Crippen LogP contribution in [-0.2, 0) is 9.53 Å². The molecule has 0 spiro atoms. The number of rotatable bonds is 4. The third-order valence-electron chi connectivity index (χ3n) is 3.83. The molecule has 3 unspecified atom stereocenters. The molecule has 0 bridgehead atoms. The van der Waals surface area contributed by atoms with Gasteiger partial charge in [0.1, 0.15) is 0 Å². The van der Waals surface area contributed by atoms with Crippen molar-refractivity contribution in [2.24, 2.45) is 17.8 Å². The monoisotopic (exact) mass is 242 g/mol. The SMILES string of the molecule is CC1CCC(C(C)C)C(OC(C)C)(C(=O)O)C1. The lowest BCUT2D eigenvalue weighted by atomic mass is 9.66. The van der Waals surface area contributed by atoms with Crippen LogP contribution in [0.15, 0.2) is 0 Å². The van der Waals surface area contributed by atoms with Crippen LogP contribution in [0.2, 0.25) is 0 Å². The highest BCUT2D eigenvalue weighted by Crippen LogP contribution is 2.44. The number of hydrogen-bond donors (Lipinski definition) is 1. The van der Waals surface area contributed by atoms with Gasteiger partial charge in [0.2, 0.25) is 0 Å². The Morgan fingerprint density at radius 3 is 2.29 bits per heavy atom. The molecule has 0 aromatic carbocycles. The first-order chi connectivity index (χ1) is 7.79. The number of carbonyl (C=O) groups is 1. The molecule has 3 atom stereocenters. The quantitative estimate of drug-likeness (QED) is 0.822. The van der Waals surface area contributed by atoms with Gasteiger partial charge in [0.05, 0.1) is 6.10 Å². The van der Waals surface area contributed by atoms with Crippen molar-refractivity contribution in [1.82, 2.24) is 0 Å². The van der Waals surface area contributed by atoms with E-state index in [1.54, 1.807) is 0 Å². The molecule has 1 aliphatic carbocycles. The number of hydrogen-bond acceptors (Lipinski definition) is 2. The summed E-state index contributed by atoms with van der Waals surface area (Å²) in [7, 11) is 0. The molecule has 0 aliphatic heterocycles. The molecule has 1 N–H and O–H groups in total. The van der Waals surface area contributed by atoms with Gasteiger partial charge in [-0.05, 0) is 38.5 Å². The fraction of sp³-hybridized carbons (Fsp3) is 0.929. The molecule has 0 aromatic rings. The lowest BCUT2D eigenvalue weighted by molar-refractivity contribution is -0.196. The molecule has 0 saturated heterocycles. The Balaban J connectivity index is 3.05. The van der Waals surface area contributed by atoms with E-state index in [0.29, 0.717) is 18.3 Å². The molecule has 0 amide bonds. The number of ether oxygens (including phenoxy) is 1. The van der Waals surface area contributed by atoms with E-state index in [1.165, 1.54) is 0 Å². The first-order valence-corrected chi connectivity index (χ1v) is 6.70. The van der Waals surface area contributed by atoms with Crippen LogP contribution in [0.1, 0.15) is 53.9 Å². The zero-order valence-electron chi connectivity index (χ0n) is 11.7. The Kier molecular flexibility index (Phi) is 4.59. The summed E-state index contributed by atoms with van der Waals surface area (Å²) in [4.78, 5) is 11.7. The maximum Gasteiger partial charge on any atom is 0.336 e. The van der Waals surface area contributed by atoms with Gasteiger partial charge in [-0.1, -0.05) is 27.2 Å². The Morgan fingerprint density at radius 2 is 1.88 bits per heavy atom. The van der Waals surface area contributed by atoms with Gasteiger partial charge in [-0.3, -0.25) is 0 Å². The van der Waals surface area contributed by atoms with Crippen LogP contribution in [-0.4, -0.2) is 22.8 Å². The molecule has 17 heavy (non-hydrogen) atoms. The smallest absolute Gasteiger partial charge is 0.336 e. The van der Waals surface area contributed by atoms with Gasteiger partial charge < -0.3 is 9.84 Å². The second-order valence-electron chi connectivity index (χ2n) is 6.10. The molecule has 3 nitrogen and oxygen atoms in total. The molecular formula is C14H26O3. The zero-order chi connectivity index (χ0) is 13.2. The molecule has 100 valence electrons. The summed E-state index contributed by atoms with van der Waals surface area (Å²) in [6, 6.07) is 0. The third kappa shape index (κ3) is 3.01. The molecule has 0 heterocycles. The first kappa shape index (κ1) is 14.5. The van der Waals surface area contributed by atoms with Crippen LogP contribution < -0.4 is 0 Å². The maximum atomic E-state index is 11.7. The Bertz CT molecular complexity index is 269. The summed E-state index contributed by atoms with van der Waals surface area (Å²) < 4.78 is 5.88. The fourth-order valence-corrected chi connectivity index (χ4v) is 3.19. The van der Waals surface area contributed by atoms with Gasteiger partial charge in [-0.2, -0.15) is 0 Å². The van der Waals surface area contributed by atoms with Crippen molar-refractivity contribution in [3.05, 3.63) is 0 Å². The van der Waals surface area contributed by atoms with E-state index < -0.39 is 11.6 Å². The lowest BCUT2D eigenvalue weighted by Crippen LogP contribution is -2.54. The van der Waals surface area contributed by atoms with Gasteiger partial charge >= 0.3 is 5.97 Å². The minimum atomic E-state index is -0.972. The van der Waals surface area contributed by atoms with Gasteiger partial charge in [0, 0.05) is 5.92 Å². The normalized spacial score (nSPS) is 34.3. The Morgan fingerprint density at radius 1 is 1.29 bits per heavy atom. The predicted octanol–water partition coefficient (Wildman–Crippen LogP) is 3.33. The summed E-state index contributed by atoms with van der Waals surface area (Å²) in [6.45, 7) is 10.2. The van der Waals surface area contributed by atoms with Crippen molar-refractivity contribution in [3.8, 4) is 0 Å². The fourth-order valence-electron chi connectivity index (χ4n) is 3.19. The van der Waals surface area contributed by atoms with E-state index in [-0.39, 0.29) is 12.0 Å². The van der Waals surface area contributed by atoms with Crippen LogP contribution in [0.4, 0.5) is 0 Å². The Labute approximate surface area is 105 Å². The van der Waals surface area contributed by atoms with E-state index in [9.17, 15) is 9.90 Å². The van der Waals surface area contributed by atoms with Crippen molar-refractivity contribution in [2.45, 2.75) is 65.6 Å². The molecule has 0 radical (unpaired) electrons. The van der Waals surface area contributed by atoms with Crippen LogP contribution in [0.3, 0.4) is 0 Å². The molecule has 1 aliphatic rings. The summed E-state index contributed by atoms with van der Waals surface area (Å²) in [6.07, 6.45) is 2.67. The van der Waals surface area contributed by atoms with E-state index in [1.807, 2.05) is 13.8 Å².